The summed E-state index contributed by atoms with van der Waals surface area (Å²) in [4.78, 5) is 17.2. The predicted molar refractivity (Wildman–Crippen MR) is 125 cm³/mol. The lowest BCUT2D eigenvalue weighted by Crippen LogP contribution is -2.46. The van der Waals surface area contributed by atoms with Crippen LogP contribution < -0.4 is 10.2 Å². The number of piperazine rings is 1. The molecule has 0 radical (unpaired) electrons. The molecule has 2 aromatic rings. The maximum absolute atomic E-state index is 12.4. The fraction of sp³-hybridized carbons (Fsp3) is 0.409. The largest absolute Gasteiger partial charge is 0.505 e. The number of carbonyl (C=O) groups excluding carboxylic acids is 1. The van der Waals surface area contributed by atoms with Gasteiger partial charge in [-0.15, -0.1) is 0 Å². The van der Waals surface area contributed by atoms with E-state index in [1.165, 1.54) is 17.3 Å². The summed E-state index contributed by atoms with van der Waals surface area (Å²) in [6.45, 7) is 7.71. The van der Waals surface area contributed by atoms with Gasteiger partial charge in [-0.05, 0) is 50.1 Å². The van der Waals surface area contributed by atoms with Crippen LogP contribution in [0, 0.1) is 6.92 Å². The van der Waals surface area contributed by atoms with E-state index >= 15 is 0 Å². The topological polar surface area (TPSA) is 55.8 Å². The number of benzene rings is 2. The van der Waals surface area contributed by atoms with Gasteiger partial charge >= 0.3 is 0 Å². The highest BCUT2D eigenvalue weighted by molar-refractivity contribution is 6.45. The standard InChI is InChI=1S/C22H26Cl3N3O2/c1-15-5-4-6-16(13-15)28-11-9-27(10-12-28)8-3-2-7-26-22(30)19-20(25)17(23)14-18(24)21(19)29/h4-6,13-14,29H,2-3,7-12H2,1H3,(H,26,30). The minimum Gasteiger partial charge on any atom is -0.505 e. The van der Waals surface area contributed by atoms with Crippen molar-refractivity contribution >= 4 is 46.4 Å². The van der Waals surface area contributed by atoms with Crippen LogP contribution in [-0.4, -0.2) is 55.2 Å². The molecular weight excluding hydrogens is 445 g/mol. The lowest BCUT2D eigenvalue weighted by atomic mass is 10.1. The summed E-state index contributed by atoms with van der Waals surface area (Å²) in [5.41, 5.74) is 2.49. The summed E-state index contributed by atoms with van der Waals surface area (Å²) >= 11 is 17.9. The number of rotatable bonds is 7. The van der Waals surface area contributed by atoms with Gasteiger partial charge in [0.25, 0.3) is 5.91 Å². The quantitative estimate of drug-likeness (QED) is 0.442. The third-order valence-electron chi connectivity index (χ3n) is 5.30. The Morgan fingerprint density at radius 1 is 1.07 bits per heavy atom. The number of anilines is 1. The molecule has 2 N–H and O–H groups in total. The number of carbonyl (C=O) groups is 1. The Morgan fingerprint density at radius 3 is 2.50 bits per heavy atom. The number of nitrogens with one attached hydrogen (secondary N) is 1. The average Bonchev–Trinajstić information content (AvgIpc) is 2.73. The van der Waals surface area contributed by atoms with E-state index in [-0.39, 0.29) is 26.4 Å². The molecule has 0 aromatic heterocycles. The summed E-state index contributed by atoms with van der Waals surface area (Å²) < 4.78 is 0. The maximum atomic E-state index is 12.4. The Labute approximate surface area is 192 Å². The third kappa shape index (κ3) is 5.73. The summed E-state index contributed by atoms with van der Waals surface area (Å²) in [6, 6.07) is 9.94. The van der Waals surface area contributed by atoms with Crippen LogP contribution in [0.2, 0.25) is 15.1 Å². The molecule has 1 heterocycles. The average molecular weight is 471 g/mol. The molecule has 0 aliphatic carbocycles. The fourth-order valence-corrected chi connectivity index (χ4v) is 4.29. The lowest BCUT2D eigenvalue weighted by Gasteiger charge is -2.36. The monoisotopic (exact) mass is 469 g/mol. The van der Waals surface area contributed by atoms with Crippen molar-refractivity contribution in [1.82, 2.24) is 10.2 Å². The number of hydrogen-bond donors (Lipinski definition) is 2. The molecule has 1 saturated heterocycles. The van der Waals surface area contributed by atoms with Gasteiger partial charge in [-0.1, -0.05) is 46.9 Å². The highest BCUT2D eigenvalue weighted by atomic mass is 35.5. The summed E-state index contributed by atoms with van der Waals surface area (Å²) in [7, 11) is 0. The van der Waals surface area contributed by atoms with Gasteiger partial charge in [-0.3, -0.25) is 9.69 Å². The van der Waals surface area contributed by atoms with E-state index in [9.17, 15) is 9.90 Å². The van der Waals surface area contributed by atoms with E-state index in [2.05, 4.69) is 46.3 Å². The maximum Gasteiger partial charge on any atom is 0.256 e. The Hall–Kier alpha value is -1.66. The third-order valence-corrected chi connectivity index (χ3v) is 6.37. The Kier molecular flexibility index (Phi) is 8.12. The van der Waals surface area contributed by atoms with Gasteiger partial charge in [0.05, 0.1) is 15.1 Å². The molecule has 30 heavy (non-hydrogen) atoms. The number of amides is 1. The number of nitrogens with zero attached hydrogens (tertiary/aromatic N) is 2. The molecule has 0 bridgehead atoms. The zero-order valence-corrected chi connectivity index (χ0v) is 19.2. The van der Waals surface area contributed by atoms with Crippen molar-refractivity contribution in [3.63, 3.8) is 0 Å². The van der Waals surface area contributed by atoms with Crippen molar-refractivity contribution in [2.45, 2.75) is 19.8 Å². The van der Waals surface area contributed by atoms with E-state index in [1.54, 1.807) is 0 Å². The molecule has 5 nitrogen and oxygen atoms in total. The van der Waals surface area contributed by atoms with Crippen molar-refractivity contribution < 1.29 is 9.90 Å². The first-order valence-electron chi connectivity index (χ1n) is 10.1. The minimum absolute atomic E-state index is 0.000597. The van der Waals surface area contributed by atoms with Crippen molar-refractivity contribution in [3.05, 3.63) is 56.5 Å². The van der Waals surface area contributed by atoms with Crippen LogP contribution in [0.3, 0.4) is 0 Å². The summed E-state index contributed by atoms with van der Waals surface area (Å²) in [5.74, 6) is -0.830. The molecular formula is C22H26Cl3N3O2. The molecule has 1 fully saturated rings. The highest BCUT2D eigenvalue weighted by Crippen LogP contribution is 2.38. The predicted octanol–water partition coefficient (Wildman–Crippen LogP) is 4.99. The fourth-order valence-electron chi connectivity index (χ4n) is 3.60. The van der Waals surface area contributed by atoms with Gasteiger partial charge < -0.3 is 15.3 Å². The summed E-state index contributed by atoms with van der Waals surface area (Å²) in [5, 5.41) is 12.9. The SMILES string of the molecule is Cc1cccc(N2CCN(CCCCNC(=O)c3c(O)c(Cl)cc(Cl)c3Cl)CC2)c1. The Morgan fingerprint density at radius 2 is 1.80 bits per heavy atom. The Balaban J connectivity index is 1.38. The highest BCUT2D eigenvalue weighted by Gasteiger charge is 2.21. The van der Waals surface area contributed by atoms with E-state index < -0.39 is 5.91 Å². The van der Waals surface area contributed by atoms with Gasteiger partial charge in [0.1, 0.15) is 11.3 Å². The normalized spacial score (nSPS) is 14.7. The number of phenols is 1. The van der Waals surface area contributed by atoms with Crippen LogP contribution in [-0.2, 0) is 0 Å². The second-order valence-electron chi connectivity index (χ2n) is 7.51. The van der Waals surface area contributed by atoms with Crippen LogP contribution >= 0.6 is 34.8 Å². The molecule has 8 heteroatoms. The van der Waals surface area contributed by atoms with Crippen molar-refractivity contribution in [3.8, 4) is 5.75 Å². The zero-order chi connectivity index (χ0) is 21.7. The van der Waals surface area contributed by atoms with E-state index in [4.69, 9.17) is 34.8 Å². The first-order chi connectivity index (χ1) is 14.4. The molecule has 0 spiro atoms. The van der Waals surface area contributed by atoms with E-state index in [1.807, 2.05) is 0 Å². The van der Waals surface area contributed by atoms with Gasteiger partial charge in [-0.2, -0.15) is 0 Å². The Bertz CT molecular complexity index is 873. The molecule has 0 saturated carbocycles. The smallest absolute Gasteiger partial charge is 0.256 e. The molecule has 1 amide bonds. The van der Waals surface area contributed by atoms with Crippen LogP contribution in [0.5, 0.6) is 5.75 Å². The zero-order valence-electron chi connectivity index (χ0n) is 16.9. The number of aromatic hydroxyl groups is 1. The van der Waals surface area contributed by atoms with Crippen molar-refractivity contribution in [1.29, 1.82) is 0 Å². The van der Waals surface area contributed by atoms with Crippen molar-refractivity contribution in [2.24, 2.45) is 0 Å². The van der Waals surface area contributed by atoms with Gasteiger partial charge in [0.15, 0.2) is 0 Å². The number of phenolic OH excluding ortho intramolecular Hbond substituents is 1. The minimum atomic E-state index is -0.478. The molecule has 0 unspecified atom stereocenters. The van der Waals surface area contributed by atoms with Crippen LogP contribution in [0.15, 0.2) is 30.3 Å². The first-order valence-corrected chi connectivity index (χ1v) is 11.2. The molecule has 1 aliphatic heterocycles. The summed E-state index contributed by atoms with van der Waals surface area (Å²) in [6.07, 6.45) is 1.80. The van der Waals surface area contributed by atoms with E-state index in [0.717, 1.165) is 45.6 Å². The number of hydrogen-bond acceptors (Lipinski definition) is 4. The van der Waals surface area contributed by atoms with Crippen LogP contribution in [0.4, 0.5) is 5.69 Å². The number of aryl methyl sites for hydroxylation is 1. The second kappa shape index (κ2) is 10.6. The van der Waals surface area contributed by atoms with Gasteiger partial charge in [0.2, 0.25) is 0 Å². The van der Waals surface area contributed by atoms with Gasteiger partial charge in [0, 0.05) is 38.4 Å². The van der Waals surface area contributed by atoms with E-state index in [0.29, 0.717) is 6.54 Å². The van der Waals surface area contributed by atoms with Gasteiger partial charge in [-0.25, -0.2) is 0 Å². The van der Waals surface area contributed by atoms with Crippen LogP contribution in [0.1, 0.15) is 28.8 Å². The second-order valence-corrected chi connectivity index (χ2v) is 8.70. The molecule has 2 aromatic carbocycles. The molecule has 162 valence electrons. The lowest BCUT2D eigenvalue weighted by molar-refractivity contribution is 0.0950. The molecule has 3 rings (SSSR count). The van der Waals surface area contributed by atoms with Crippen LogP contribution in [0.25, 0.3) is 0 Å². The molecule has 1 aliphatic rings. The number of unbranched alkanes of at least 4 members (excludes halogenated alkanes) is 1. The number of halogens is 3. The molecule has 0 atom stereocenters. The van der Waals surface area contributed by atoms with Crippen molar-refractivity contribution in [2.75, 3.05) is 44.2 Å². The first kappa shape index (κ1) is 23.0.